The van der Waals surface area contributed by atoms with Crippen LogP contribution in [-0.2, 0) is 4.74 Å². The average molecular weight is 320 g/mol. The molecule has 2 aromatic carbocycles. The van der Waals surface area contributed by atoms with Gasteiger partial charge < -0.3 is 9.64 Å². The Kier molecular flexibility index (Phi) is 4.09. The van der Waals surface area contributed by atoms with Crippen LogP contribution in [0.3, 0.4) is 0 Å². The number of rotatable bonds is 3. The minimum Gasteiger partial charge on any atom is -0.381 e. The lowest BCUT2D eigenvalue weighted by Crippen LogP contribution is -2.37. The van der Waals surface area contributed by atoms with Crippen LogP contribution >= 0.6 is 0 Å². The van der Waals surface area contributed by atoms with E-state index >= 15 is 0 Å². The molecule has 0 saturated carbocycles. The lowest BCUT2D eigenvalue weighted by atomic mass is 10.0. The molecule has 1 aliphatic rings. The summed E-state index contributed by atoms with van der Waals surface area (Å²) in [5, 5.41) is 10.8. The molecular weight excluding hydrogens is 300 g/mol. The van der Waals surface area contributed by atoms with Gasteiger partial charge in [-0.3, -0.25) is 0 Å². The number of piperidine rings is 1. The lowest BCUT2D eigenvalue weighted by molar-refractivity contribution is 0.0816. The highest BCUT2D eigenvalue weighted by atomic mass is 16.5. The van der Waals surface area contributed by atoms with Gasteiger partial charge in [-0.1, -0.05) is 42.5 Å². The number of fused-ring (bicyclic) bond motifs is 1. The highest BCUT2D eigenvalue weighted by molar-refractivity contribution is 5.95. The monoisotopic (exact) mass is 320 g/mol. The SMILES string of the molecule is COC1CCN(c2nncc(-c3cccc4ccccc34)n2)CC1. The molecule has 0 bridgehead atoms. The first-order valence-corrected chi connectivity index (χ1v) is 8.31. The van der Waals surface area contributed by atoms with Gasteiger partial charge in [-0.05, 0) is 23.6 Å². The summed E-state index contributed by atoms with van der Waals surface area (Å²) in [6, 6.07) is 14.6. The topological polar surface area (TPSA) is 51.1 Å². The van der Waals surface area contributed by atoms with Crippen LogP contribution < -0.4 is 4.90 Å². The molecular formula is C19H20N4O. The van der Waals surface area contributed by atoms with Gasteiger partial charge >= 0.3 is 0 Å². The first kappa shape index (κ1) is 15.0. The first-order valence-electron chi connectivity index (χ1n) is 8.31. The molecule has 0 unspecified atom stereocenters. The van der Waals surface area contributed by atoms with Gasteiger partial charge in [0.1, 0.15) is 0 Å². The molecule has 0 radical (unpaired) electrons. The van der Waals surface area contributed by atoms with E-state index in [1.807, 2.05) is 0 Å². The largest absolute Gasteiger partial charge is 0.381 e. The van der Waals surface area contributed by atoms with Gasteiger partial charge in [0.05, 0.1) is 18.0 Å². The van der Waals surface area contributed by atoms with Crippen molar-refractivity contribution < 1.29 is 4.74 Å². The number of ether oxygens (including phenoxy) is 1. The summed E-state index contributed by atoms with van der Waals surface area (Å²) in [6.07, 6.45) is 4.08. The van der Waals surface area contributed by atoms with Gasteiger partial charge in [0.25, 0.3) is 0 Å². The van der Waals surface area contributed by atoms with Crippen molar-refractivity contribution in [2.24, 2.45) is 0 Å². The molecule has 2 heterocycles. The van der Waals surface area contributed by atoms with Crippen molar-refractivity contribution in [3.05, 3.63) is 48.7 Å². The van der Waals surface area contributed by atoms with Crippen LogP contribution in [0, 0.1) is 0 Å². The van der Waals surface area contributed by atoms with Crippen molar-refractivity contribution in [1.82, 2.24) is 15.2 Å². The van der Waals surface area contributed by atoms with E-state index in [1.54, 1.807) is 13.3 Å². The molecule has 0 N–H and O–H groups in total. The highest BCUT2D eigenvalue weighted by Gasteiger charge is 2.21. The molecule has 5 heteroatoms. The Bertz CT molecular complexity index is 838. The summed E-state index contributed by atoms with van der Waals surface area (Å²) >= 11 is 0. The van der Waals surface area contributed by atoms with Crippen LogP contribution in [0.4, 0.5) is 5.95 Å². The van der Waals surface area contributed by atoms with Crippen molar-refractivity contribution in [1.29, 1.82) is 0 Å². The number of aromatic nitrogens is 3. The summed E-state index contributed by atoms with van der Waals surface area (Å²) in [4.78, 5) is 6.97. The number of hydrogen-bond acceptors (Lipinski definition) is 5. The second-order valence-electron chi connectivity index (χ2n) is 6.09. The summed E-state index contributed by atoms with van der Waals surface area (Å²) in [6.45, 7) is 1.80. The van der Waals surface area contributed by atoms with Gasteiger partial charge in [-0.2, -0.15) is 5.10 Å². The third-order valence-electron chi connectivity index (χ3n) is 4.67. The van der Waals surface area contributed by atoms with E-state index in [9.17, 15) is 0 Å². The Morgan fingerprint density at radius 2 is 1.83 bits per heavy atom. The van der Waals surface area contributed by atoms with Crippen molar-refractivity contribution >= 4 is 16.7 Å². The van der Waals surface area contributed by atoms with E-state index in [1.165, 1.54) is 10.8 Å². The van der Waals surface area contributed by atoms with Gasteiger partial charge in [0, 0.05) is 25.8 Å². The molecule has 0 amide bonds. The molecule has 5 nitrogen and oxygen atoms in total. The summed E-state index contributed by atoms with van der Waals surface area (Å²) in [7, 11) is 1.78. The molecule has 4 rings (SSSR count). The average Bonchev–Trinajstić information content (AvgIpc) is 2.68. The zero-order chi connectivity index (χ0) is 16.4. The minimum atomic E-state index is 0.343. The molecule has 0 atom stereocenters. The fraction of sp³-hybridized carbons (Fsp3) is 0.316. The van der Waals surface area contributed by atoms with Crippen molar-refractivity contribution in [2.75, 3.05) is 25.1 Å². The van der Waals surface area contributed by atoms with E-state index in [4.69, 9.17) is 9.72 Å². The van der Waals surface area contributed by atoms with Crippen LogP contribution in [-0.4, -0.2) is 41.5 Å². The predicted octanol–water partition coefficient (Wildman–Crippen LogP) is 3.31. The smallest absolute Gasteiger partial charge is 0.245 e. The molecule has 1 aliphatic heterocycles. The Balaban J connectivity index is 1.68. The van der Waals surface area contributed by atoms with Crippen LogP contribution in [0.25, 0.3) is 22.0 Å². The van der Waals surface area contributed by atoms with E-state index in [0.29, 0.717) is 12.1 Å². The Morgan fingerprint density at radius 1 is 1.04 bits per heavy atom. The first-order chi connectivity index (χ1) is 11.8. The Hall–Kier alpha value is -2.53. The van der Waals surface area contributed by atoms with Crippen LogP contribution in [0.15, 0.2) is 48.7 Å². The van der Waals surface area contributed by atoms with E-state index < -0.39 is 0 Å². The second-order valence-corrected chi connectivity index (χ2v) is 6.09. The Morgan fingerprint density at radius 3 is 2.67 bits per heavy atom. The van der Waals surface area contributed by atoms with Gasteiger partial charge in [0.2, 0.25) is 5.95 Å². The maximum atomic E-state index is 5.43. The van der Waals surface area contributed by atoms with Gasteiger partial charge in [0.15, 0.2) is 0 Å². The maximum Gasteiger partial charge on any atom is 0.245 e. The zero-order valence-electron chi connectivity index (χ0n) is 13.7. The molecule has 24 heavy (non-hydrogen) atoms. The number of hydrogen-bond donors (Lipinski definition) is 0. The Labute approximate surface area is 141 Å². The highest BCUT2D eigenvalue weighted by Crippen LogP contribution is 2.28. The van der Waals surface area contributed by atoms with Crippen LogP contribution in [0.5, 0.6) is 0 Å². The standard InChI is InChI=1S/C19H20N4O/c1-24-15-9-11-23(12-10-15)19-21-18(13-20-22-19)17-8-4-6-14-5-2-3-7-16(14)17/h2-8,13,15H,9-12H2,1H3. The lowest BCUT2D eigenvalue weighted by Gasteiger charge is -2.30. The summed E-state index contributed by atoms with van der Waals surface area (Å²) < 4.78 is 5.43. The molecule has 0 aliphatic carbocycles. The predicted molar refractivity (Wildman–Crippen MR) is 95.0 cm³/mol. The van der Waals surface area contributed by atoms with Crippen molar-refractivity contribution in [3.8, 4) is 11.3 Å². The van der Waals surface area contributed by atoms with Crippen molar-refractivity contribution in [3.63, 3.8) is 0 Å². The fourth-order valence-electron chi connectivity index (χ4n) is 3.30. The number of nitrogens with zero attached hydrogens (tertiary/aromatic N) is 4. The molecule has 1 fully saturated rings. The minimum absolute atomic E-state index is 0.343. The number of anilines is 1. The zero-order valence-corrected chi connectivity index (χ0v) is 13.7. The second kappa shape index (κ2) is 6.53. The normalized spacial score (nSPS) is 15.8. The third-order valence-corrected chi connectivity index (χ3v) is 4.67. The molecule has 122 valence electrons. The van der Waals surface area contributed by atoms with Crippen molar-refractivity contribution in [2.45, 2.75) is 18.9 Å². The summed E-state index contributed by atoms with van der Waals surface area (Å²) in [5.41, 5.74) is 1.96. The molecule has 1 saturated heterocycles. The molecule has 3 aromatic rings. The fourth-order valence-corrected chi connectivity index (χ4v) is 3.30. The van der Waals surface area contributed by atoms with Crippen LogP contribution in [0.1, 0.15) is 12.8 Å². The third kappa shape index (κ3) is 2.83. The van der Waals surface area contributed by atoms with Gasteiger partial charge in [-0.15, -0.1) is 5.10 Å². The van der Waals surface area contributed by atoms with E-state index in [0.717, 1.165) is 37.2 Å². The maximum absolute atomic E-state index is 5.43. The van der Waals surface area contributed by atoms with Crippen LogP contribution in [0.2, 0.25) is 0 Å². The van der Waals surface area contributed by atoms with E-state index in [-0.39, 0.29) is 0 Å². The van der Waals surface area contributed by atoms with E-state index in [2.05, 4.69) is 57.6 Å². The molecule has 1 aromatic heterocycles. The number of methoxy groups -OCH3 is 1. The van der Waals surface area contributed by atoms with Gasteiger partial charge in [-0.25, -0.2) is 4.98 Å². The quantitative estimate of drug-likeness (QED) is 0.741. The number of benzene rings is 2. The molecule has 0 spiro atoms. The summed E-state index contributed by atoms with van der Waals surface area (Å²) in [5.74, 6) is 0.704.